The monoisotopic (exact) mass is 410 g/mol. The van der Waals surface area contributed by atoms with Gasteiger partial charge in [0.05, 0.1) is 13.2 Å². The van der Waals surface area contributed by atoms with Crippen molar-refractivity contribution in [3.05, 3.63) is 71.8 Å². The van der Waals surface area contributed by atoms with Gasteiger partial charge in [-0.15, -0.1) is 0 Å². The molecule has 158 valence electrons. The van der Waals surface area contributed by atoms with Crippen molar-refractivity contribution in [2.75, 3.05) is 6.61 Å². The van der Waals surface area contributed by atoms with E-state index in [1.165, 1.54) is 12.1 Å². The number of carbonyl (C=O) groups is 1. The van der Waals surface area contributed by atoms with Crippen molar-refractivity contribution in [1.82, 2.24) is 9.55 Å². The third-order valence-corrected chi connectivity index (χ3v) is 5.08. The molecule has 1 unspecified atom stereocenters. The molecule has 0 bridgehead atoms. The molecule has 0 fully saturated rings. The average molecular weight is 410 g/mol. The van der Waals surface area contributed by atoms with Crippen LogP contribution in [-0.2, 0) is 11.3 Å². The molecule has 1 N–H and O–H groups in total. The van der Waals surface area contributed by atoms with Crippen molar-refractivity contribution in [3.8, 4) is 17.1 Å². The highest BCUT2D eigenvalue weighted by Gasteiger charge is 2.13. The molecule has 0 radical (unpaired) electrons. The molecule has 0 amide bonds. The number of imidazole rings is 1. The van der Waals surface area contributed by atoms with Gasteiger partial charge in [-0.05, 0) is 56.0 Å². The first-order chi connectivity index (χ1) is 14.4. The van der Waals surface area contributed by atoms with E-state index < -0.39 is 5.97 Å². The number of rotatable bonds is 10. The summed E-state index contributed by atoms with van der Waals surface area (Å²) in [7, 11) is 0. The van der Waals surface area contributed by atoms with E-state index in [1.807, 2.05) is 44.3 Å². The van der Waals surface area contributed by atoms with Gasteiger partial charge in [0.1, 0.15) is 17.4 Å². The lowest BCUT2D eigenvalue weighted by atomic mass is 10.0. The second-order valence-electron chi connectivity index (χ2n) is 7.62. The van der Waals surface area contributed by atoms with Crippen LogP contribution in [0.2, 0.25) is 0 Å². The second-order valence-corrected chi connectivity index (χ2v) is 7.62. The maximum Gasteiger partial charge on any atom is 0.303 e. The predicted molar refractivity (Wildman–Crippen MR) is 114 cm³/mol. The fraction of sp³-hybridized carbons (Fsp3) is 0.333. The Morgan fingerprint density at radius 2 is 1.93 bits per heavy atom. The first kappa shape index (κ1) is 21.6. The molecule has 0 saturated carbocycles. The SMILES string of the molecule is Cc1cnc(-c2ccc(F)cc2)n1Cc1ccccc1OCCCC(C)CC(=O)O. The third-order valence-electron chi connectivity index (χ3n) is 5.08. The van der Waals surface area contributed by atoms with Gasteiger partial charge in [-0.3, -0.25) is 4.79 Å². The lowest BCUT2D eigenvalue weighted by Crippen LogP contribution is -2.09. The number of hydrogen-bond acceptors (Lipinski definition) is 3. The zero-order valence-electron chi connectivity index (χ0n) is 17.3. The number of ether oxygens (including phenoxy) is 1. The number of aromatic nitrogens is 2. The van der Waals surface area contributed by atoms with Crippen molar-refractivity contribution >= 4 is 5.97 Å². The Labute approximate surface area is 176 Å². The summed E-state index contributed by atoms with van der Waals surface area (Å²) >= 11 is 0. The van der Waals surface area contributed by atoms with Crippen molar-refractivity contribution < 1.29 is 19.0 Å². The summed E-state index contributed by atoms with van der Waals surface area (Å²) in [5, 5.41) is 8.86. The van der Waals surface area contributed by atoms with Crippen LogP contribution in [0.15, 0.2) is 54.7 Å². The number of benzene rings is 2. The van der Waals surface area contributed by atoms with Crippen LogP contribution in [0.3, 0.4) is 0 Å². The molecular formula is C24H27FN2O3. The van der Waals surface area contributed by atoms with E-state index in [2.05, 4.69) is 9.55 Å². The maximum absolute atomic E-state index is 13.3. The van der Waals surface area contributed by atoms with E-state index in [9.17, 15) is 9.18 Å². The van der Waals surface area contributed by atoms with Gasteiger partial charge in [0.15, 0.2) is 0 Å². The number of halogens is 1. The Kier molecular flexibility index (Phi) is 7.22. The summed E-state index contributed by atoms with van der Waals surface area (Å²) in [6.07, 6.45) is 3.60. The molecule has 1 aromatic heterocycles. The highest BCUT2D eigenvalue weighted by Crippen LogP contribution is 2.25. The lowest BCUT2D eigenvalue weighted by Gasteiger charge is -2.15. The molecule has 6 heteroatoms. The molecule has 2 aromatic carbocycles. The number of nitrogens with zero attached hydrogens (tertiary/aromatic N) is 2. The van der Waals surface area contributed by atoms with Crippen LogP contribution in [0, 0.1) is 18.7 Å². The van der Waals surface area contributed by atoms with Crippen LogP contribution in [0.1, 0.15) is 37.4 Å². The smallest absolute Gasteiger partial charge is 0.303 e. The van der Waals surface area contributed by atoms with E-state index in [4.69, 9.17) is 9.84 Å². The summed E-state index contributed by atoms with van der Waals surface area (Å²) in [5.41, 5.74) is 2.89. The van der Waals surface area contributed by atoms with Gasteiger partial charge in [-0.2, -0.15) is 0 Å². The zero-order valence-corrected chi connectivity index (χ0v) is 17.3. The van der Waals surface area contributed by atoms with Crippen LogP contribution in [-0.4, -0.2) is 27.2 Å². The first-order valence-corrected chi connectivity index (χ1v) is 10.1. The Balaban J connectivity index is 1.69. The highest BCUT2D eigenvalue weighted by molar-refractivity contribution is 5.66. The molecule has 5 nitrogen and oxygen atoms in total. The van der Waals surface area contributed by atoms with Crippen molar-refractivity contribution in [1.29, 1.82) is 0 Å². The molecule has 0 saturated heterocycles. The van der Waals surface area contributed by atoms with Crippen LogP contribution < -0.4 is 4.74 Å². The Hall–Kier alpha value is -3.15. The lowest BCUT2D eigenvalue weighted by molar-refractivity contribution is -0.138. The number of carboxylic acid groups (broad SMARTS) is 1. The van der Waals surface area contributed by atoms with Crippen LogP contribution in [0.25, 0.3) is 11.4 Å². The van der Waals surface area contributed by atoms with Crippen molar-refractivity contribution in [3.63, 3.8) is 0 Å². The molecular weight excluding hydrogens is 383 g/mol. The first-order valence-electron chi connectivity index (χ1n) is 10.1. The fourth-order valence-electron chi connectivity index (χ4n) is 3.45. The van der Waals surface area contributed by atoms with E-state index in [-0.39, 0.29) is 18.2 Å². The molecule has 1 atom stereocenters. The van der Waals surface area contributed by atoms with Crippen molar-refractivity contribution in [2.24, 2.45) is 5.92 Å². The molecule has 0 aliphatic carbocycles. The normalized spacial score (nSPS) is 12.0. The molecule has 0 aliphatic heterocycles. The summed E-state index contributed by atoms with van der Waals surface area (Å²) in [6, 6.07) is 14.2. The Morgan fingerprint density at radius 3 is 2.67 bits per heavy atom. The van der Waals surface area contributed by atoms with E-state index in [0.717, 1.165) is 41.2 Å². The minimum absolute atomic E-state index is 0.133. The van der Waals surface area contributed by atoms with Gasteiger partial charge in [-0.1, -0.05) is 25.1 Å². The minimum atomic E-state index is -0.763. The standard InChI is InChI=1S/C24H27FN2O3/c1-17(14-23(28)29)6-5-13-30-22-8-4-3-7-20(22)16-27-18(2)15-26-24(27)19-9-11-21(25)12-10-19/h3-4,7-12,15,17H,5-6,13-14,16H2,1-2H3,(H,28,29). The minimum Gasteiger partial charge on any atom is -0.493 e. The summed E-state index contributed by atoms with van der Waals surface area (Å²) in [4.78, 5) is 15.3. The van der Waals surface area contributed by atoms with Crippen LogP contribution in [0.5, 0.6) is 5.75 Å². The van der Waals surface area contributed by atoms with E-state index in [1.54, 1.807) is 12.1 Å². The fourth-order valence-corrected chi connectivity index (χ4v) is 3.45. The van der Waals surface area contributed by atoms with Crippen molar-refractivity contribution in [2.45, 2.75) is 39.7 Å². The number of carboxylic acids is 1. The largest absolute Gasteiger partial charge is 0.493 e. The van der Waals surface area contributed by atoms with E-state index >= 15 is 0 Å². The summed E-state index contributed by atoms with van der Waals surface area (Å²) < 4.78 is 21.4. The molecule has 0 aliphatic rings. The average Bonchev–Trinajstić information content (AvgIpc) is 3.07. The van der Waals surface area contributed by atoms with Gasteiger partial charge in [0.25, 0.3) is 0 Å². The molecule has 0 spiro atoms. The second kappa shape index (κ2) is 10.1. The van der Waals surface area contributed by atoms with Gasteiger partial charge >= 0.3 is 5.97 Å². The number of aliphatic carboxylic acids is 1. The predicted octanol–water partition coefficient (Wildman–Crippen LogP) is 5.32. The number of hydrogen-bond donors (Lipinski definition) is 1. The van der Waals surface area contributed by atoms with Gasteiger partial charge < -0.3 is 14.4 Å². The van der Waals surface area contributed by atoms with E-state index in [0.29, 0.717) is 13.2 Å². The summed E-state index contributed by atoms with van der Waals surface area (Å²) in [5.74, 6) is 0.686. The topological polar surface area (TPSA) is 64.4 Å². The number of aryl methyl sites for hydroxylation is 1. The molecule has 1 heterocycles. The summed E-state index contributed by atoms with van der Waals surface area (Å²) in [6.45, 7) is 5.06. The quantitative estimate of drug-likeness (QED) is 0.460. The van der Waals surface area contributed by atoms with Crippen LogP contribution in [0.4, 0.5) is 4.39 Å². The molecule has 3 rings (SSSR count). The maximum atomic E-state index is 13.3. The zero-order chi connectivity index (χ0) is 21.5. The molecule has 3 aromatic rings. The van der Waals surface area contributed by atoms with Gasteiger partial charge in [0.2, 0.25) is 0 Å². The van der Waals surface area contributed by atoms with Gasteiger partial charge in [-0.25, -0.2) is 9.37 Å². The highest BCUT2D eigenvalue weighted by atomic mass is 19.1. The molecule has 30 heavy (non-hydrogen) atoms. The van der Waals surface area contributed by atoms with Gasteiger partial charge in [0, 0.05) is 29.4 Å². The third kappa shape index (κ3) is 5.69. The number of para-hydroxylation sites is 1. The van der Waals surface area contributed by atoms with Crippen LogP contribution >= 0.6 is 0 Å². The Morgan fingerprint density at radius 1 is 1.20 bits per heavy atom. The Bertz CT molecular complexity index is 982.